The number of urea groups is 1. The quantitative estimate of drug-likeness (QED) is 0.821. The van der Waals surface area contributed by atoms with Crippen LogP contribution < -0.4 is 10.1 Å². The van der Waals surface area contributed by atoms with Crippen LogP contribution in [0.3, 0.4) is 0 Å². The zero-order valence-electron chi connectivity index (χ0n) is 14.1. The van der Waals surface area contributed by atoms with Crippen LogP contribution in [-0.4, -0.2) is 29.6 Å². The molecule has 1 saturated carbocycles. The summed E-state index contributed by atoms with van der Waals surface area (Å²) in [5, 5.41) is 3.07. The minimum absolute atomic E-state index is 0.0235. The van der Waals surface area contributed by atoms with Gasteiger partial charge in [-0.25, -0.2) is 4.79 Å². The van der Waals surface area contributed by atoms with Crippen LogP contribution >= 0.6 is 0 Å². The summed E-state index contributed by atoms with van der Waals surface area (Å²) in [5.41, 5.74) is 0. The Labute approximate surface area is 148 Å². The molecular formula is C20H22N2O3. The van der Waals surface area contributed by atoms with E-state index in [1.165, 1.54) is 0 Å². The molecule has 0 unspecified atom stereocenters. The van der Waals surface area contributed by atoms with Crippen LogP contribution in [0.25, 0.3) is 0 Å². The minimum Gasteiger partial charge on any atom is -0.488 e. The van der Waals surface area contributed by atoms with Crippen LogP contribution in [0.2, 0.25) is 0 Å². The maximum atomic E-state index is 12.6. The van der Waals surface area contributed by atoms with E-state index in [4.69, 9.17) is 15.6 Å². The van der Waals surface area contributed by atoms with Gasteiger partial charge in [-0.2, -0.15) is 0 Å². The number of amides is 2. The summed E-state index contributed by atoms with van der Waals surface area (Å²) in [6.07, 6.45) is 9.81. The van der Waals surface area contributed by atoms with E-state index in [2.05, 4.69) is 11.2 Å². The lowest BCUT2D eigenvalue weighted by atomic mass is 10.2. The van der Waals surface area contributed by atoms with Crippen molar-refractivity contribution in [1.82, 2.24) is 10.2 Å². The van der Waals surface area contributed by atoms with Crippen molar-refractivity contribution in [3.63, 3.8) is 0 Å². The summed E-state index contributed by atoms with van der Waals surface area (Å²) < 4.78 is 11.4. The van der Waals surface area contributed by atoms with Gasteiger partial charge in [-0.3, -0.25) is 0 Å². The van der Waals surface area contributed by atoms with Gasteiger partial charge in [-0.15, -0.1) is 6.42 Å². The molecule has 5 heteroatoms. The molecule has 1 aromatic carbocycles. The number of rotatable bonds is 6. The van der Waals surface area contributed by atoms with E-state index in [1.807, 2.05) is 36.4 Å². The second-order valence-corrected chi connectivity index (χ2v) is 6.10. The van der Waals surface area contributed by atoms with Crippen molar-refractivity contribution in [3.8, 4) is 18.1 Å². The van der Waals surface area contributed by atoms with Gasteiger partial charge in [0.25, 0.3) is 0 Å². The molecular weight excluding hydrogens is 316 g/mol. The van der Waals surface area contributed by atoms with E-state index < -0.39 is 0 Å². The molecule has 1 heterocycles. The van der Waals surface area contributed by atoms with E-state index in [9.17, 15) is 4.79 Å². The Kier molecular flexibility index (Phi) is 5.63. The molecule has 1 aliphatic rings. The first-order valence-corrected chi connectivity index (χ1v) is 8.49. The second kappa shape index (κ2) is 8.29. The van der Waals surface area contributed by atoms with Crippen molar-refractivity contribution in [3.05, 3.63) is 54.5 Å². The third kappa shape index (κ3) is 4.57. The Morgan fingerprint density at radius 1 is 1.28 bits per heavy atom. The van der Waals surface area contributed by atoms with E-state index >= 15 is 0 Å². The van der Waals surface area contributed by atoms with E-state index in [0.717, 1.165) is 25.0 Å². The number of furan rings is 1. The van der Waals surface area contributed by atoms with Crippen LogP contribution in [0.4, 0.5) is 4.79 Å². The van der Waals surface area contributed by atoms with Gasteiger partial charge < -0.3 is 19.4 Å². The molecule has 1 N–H and O–H groups in total. The van der Waals surface area contributed by atoms with Gasteiger partial charge in [0.1, 0.15) is 17.6 Å². The third-order valence-corrected chi connectivity index (χ3v) is 4.29. The van der Waals surface area contributed by atoms with Crippen LogP contribution in [0.5, 0.6) is 5.75 Å². The number of nitrogens with one attached hydrogen (secondary N) is 1. The Hall–Kier alpha value is -2.87. The van der Waals surface area contributed by atoms with Gasteiger partial charge >= 0.3 is 6.03 Å². The molecule has 1 fully saturated rings. The van der Waals surface area contributed by atoms with Gasteiger partial charge in [0, 0.05) is 0 Å². The number of hydrogen-bond acceptors (Lipinski definition) is 3. The minimum atomic E-state index is -0.192. The third-order valence-electron chi connectivity index (χ3n) is 4.29. The maximum absolute atomic E-state index is 12.6. The molecule has 1 aromatic heterocycles. The van der Waals surface area contributed by atoms with Gasteiger partial charge in [-0.1, -0.05) is 24.1 Å². The summed E-state index contributed by atoms with van der Waals surface area (Å²) in [5.74, 6) is 4.06. The molecule has 130 valence electrons. The number of carbonyl (C=O) groups is 1. The summed E-state index contributed by atoms with van der Waals surface area (Å²) in [6, 6.07) is 13.1. The zero-order valence-corrected chi connectivity index (χ0v) is 14.1. The number of nitrogens with zero attached hydrogens (tertiary/aromatic N) is 1. The first kappa shape index (κ1) is 17.0. The fourth-order valence-electron chi connectivity index (χ4n) is 3.06. The molecule has 2 atom stereocenters. The van der Waals surface area contributed by atoms with Crippen LogP contribution in [0.15, 0.2) is 53.1 Å². The molecule has 0 bridgehead atoms. The van der Waals surface area contributed by atoms with Crippen molar-refractivity contribution in [2.45, 2.75) is 38.0 Å². The average molecular weight is 338 g/mol. The number of ether oxygens (including phenoxy) is 1. The van der Waals surface area contributed by atoms with E-state index in [-0.39, 0.29) is 24.7 Å². The Morgan fingerprint density at radius 3 is 2.84 bits per heavy atom. The molecule has 2 amide bonds. The van der Waals surface area contributed by atoms with E-state index in [0.29, 0.717) is 12.3 Å². The SMILES string of the molecule is C#CCN(Cc1ccco1)C(=O)N[C@@H]1CCC[C@@H]1Oc1ccccc1. The molecule has 0 aliphatic heterocycles. The summed E-state index contributed by atoms with van der Waals surface area (Å²) >= 11 is 0. The first-order chi connectivity index (χ1) is 12.3. The summed E-state index contributed by atoms with van der Waals surface area (Å²) in [7, 11) is 0. The van der Waals surface area contributed by atoms with Crippen molar-refractivity contribution < 1.29 is 13.9 Å². The molecule has 2 aromatic rings. The highest BCUT2D eigenvalue weighted by Crippen LogP contribution is 2.25. The predicted octanol–water partition coefficient (Wildman–Crippen LogP) is 3.42. The van der Waals surface area contributed by atoms with Crippen molar-refractivity contribution in [2.75, 3.05) is 6.54 Å². The zero-order chi connectivity index (χ0) is 17.5. The smallest absolute Gasteiger partial charge is 0.318 e. The second-order valence-electron chi connectivity index (χ2n) is 6.10. The monoisotopic (exact) mass is 338 g/mol. The standard InChI is InChI=1S/C20H22N2O3/c1-2-13-22(15-17-10-7-14-24-17)20(23)21-18-11-6-12-19(18)25-16-8-4-3-5-9-16/h1,3-5,7-10,14,18-19H,6,11-13,15H2,(H,21,23)/t18-,19+/m1/s1. The fraction of sp³-hybridized carbons (Fsp3) is 0.350. The van der Waals surface area contributed by atoms with Crippen LogP contribution in [0.1, 0.15) is 25.0 Å². The van der Waals surface area contributed by atoms with Gasteiger partial charge in [-0.05, 0) is 43.5 Å². The van der Waals surface area contributed by atoms with Crippen molar-refractivity contribution in [2.24, 2.45) is 0 Å². The molecule has 5 nitrogen and oxygen atoms in total. The summed E-state index contributed by atoms with van der Waals surface area (Å²) in [4.78, 5) is 14.2. The largest absolute Gasteiger partial charge is 0.488 e. The number of carbonyl (C=O) groups excluding carboxylic acids is 1. The Balaban J connectivity index is 1.60. The number of terminal acetylenes is 1. The predicted molar refractivity (Wildman–Crippen MR) is 95.0 cm³/mol. The number of benzene rings is 1. The van der Waals surface area contributed by atoms with Gasteiger partial charge in [0.05, 0.1) is 25.4 Å². The lowest BCUT2D eigenvalue weighted by Gasteiger charge is -2.26. The molecule has 25 heavy (non-hydrogen) atoms. The summed E-state index contributed by atoms with van der Waals surface area (Å²) in [6.45, 7) is 0.573. The normalized spacial score (nSPS) is 19.2. The average Bonchev–Trinajstić information content (AvgIpc) is 3.28. The van der Waals surface area contributed by atoms with Gasteiger partial charge in [0.2, 0.25) is 0 Å². The van der Waals surface area contributed by atoms with Crippen LogP contribution in [0, 0.1) is 12.3 Å². The van der Waals surface area contributed by atoms with Crippen molar-refractivity contribution in [1.29, 1.82) is 0 Å². The maximum Gasteiger partial charge on any atom is 0.318 e. The Bertz CT molecular complexity index is 706. The Morgan fingerprint density at radius 2 is 2.12 bits per heavy atom. The fourth-order valence-corrected chi connectivity index (χ4v) is 3.06. The highest BCUT2D eigenvalue weighted by Gasteiger charge is 2.31. The molecule has 0 spiro atoms. The molecule has 0 radical (unpaired) electrons. The highest BCUT2D eigenvalue weighted by atomic mass is 16.5. The van der Waals surface area contributed by atoms with Crippen molar-refractivity contribution >= 4 is 6.03 Å². The van der Waals surface area contributed by atoms with Gasteiger partial charge in [0.15, 0.2) is 0 Å². The molecule has 3 rings (SSSR count). The van der Waals surface area contributed by atoms with E-state index in [1.54, 1.807) is 17.2 Å². The lowest BCUT2D eigenvalue weighted by molar-refractivity contribution is 0.158. The molecule has 1 aliphatic carbocycles. The number of para-hydroxylation sites is 1. The number of hydrogen-bond donors (Lipinski definition) is 1. The first-order valence-electron chi connectivity index (χ1n) is 8.49. The highest BCUT2D eigenvalue weighted by molar-refractivity contribution is 5.75. The molecule has 0 saturated heterocycles. The lowest BCUT2D eigenvalue weighted by Crippen LogP contribution is -2.48. The topological polar surface area (TPSA) is 54.7 Å². The van der Waals surface area contributed by atoms with Crippen LogP contribution in [-0.2, 0) is 6.54 Å².